The SMILES string of the molecule is Cc1ccc(CN(C(=O)[C@@H]2[C@H](C=C(Cl)Cl)C2(C)C)[C@@H]2CCS(=O)(=O)C2)cc1. The van der Waals surface area contributed by atoms with Gasteiger partial charge in [0.1, 0.15) is 4.49 Å². The van der Waals surface area contributed by atoms with Crippen molar-refractivity contribution in [2.45, 2.75) is 39.8 Å². The molecule has 0 aromatic heterocycles. The number of halogens is 2. The van der Waals surface area contributed by atoms with Gasteiger partial charge in [-0.25, -0.2) is 8.42 Å². The van der Waals surface area contributed by atoms with Gasteiger partial charge in [-0.3, -0.25) is 4.79 Å². The van der Waals surface area contributed by atoms with E-state index in [0.29, 0.717) is 13.0 Å². The molecule has 1 aromatic rings. The van der Waals surface area contributed by atoms with Crippen molar-refractivity contribution >= 4 is 38.9 Å². The fraction of sp³-hybridized carbons (Fsp3) is 0.550. The average molecular weight is 430 g/mol. The van der Waals surface area contributed by atoms with Crippen LogP contribution >= 0.6 is 23.2 Å². The van der Waals surface area contributed by atoms with Crippen molar-refractivity contribution in [1.29, 1.82) is 0 Å². The first kappa shape index (κ1) is 20.7. The van der Waals surface area contributed by atoms with Crippen LogP contribution in [0.5, 0.6) is 0 Å². The number of carbonyl (C=O) groups is 1. The van der Waals surface area contributed by atoms with Crippen molar-refractivity contribution in [1.82, 2.24) is 4.90 Å². The van der Waals surface area contributed by atoms with Crippen LogP contribution in [0.2, 0.25) is 0 Å². The Bertz CT molecular complexity index is 858. The van der Waals surface area contributed by atoms with Crippen molar-refractivity contribution in [3.8, 4) is 0 Å². The minimum Gasteiger partial charge on any atom is -0.334 e. The van der Waals surface area contributed by atoms with Gasteiger partial charge in [-0.2, -0.15) is 0 Å². The minimum atomic E-state index is -3.09. The molecule has 0 unspecified atom stereocenters. The quantitative estimate of drug-likeness (QED) is 0.707. The molecule has 0 spiro atoms. The van der Waals surface area contributed by atoms with E-state index in [-0.39, 0.29) is 45.2 Å². The summed E-state index contributed by atoms with van der Waals surface area (Å²) in [5, 5.41) is 0. The number of hydrogen-bond donors (Lipinski definition) is 0. The molecular formula is C20H25Cl2NO3S. The normalized spacial score (nSPS) is 27.8. The number of rotatable bonds is 5. The maximum Gasteiger partial charge on any atom is 0.227 e. The van der Waals surface area contributed by atoms with Gasteiger partial charge < -0.3 is 4.90 Å². The lowest BCUT2D eigenvalue weighted by atomic mass is 10.1. The second-order valence-corrected chi connectivity index (χ2v) is 11.5. The van der Waals surface area contributed by atoms with Gasteiger partial charge in [-0.05, 0) is 36.3 Å². The van der Waals surface area contributed by atoms with Gasteiger partial charge in [0.15, 0.2) is 9.84 Å². The highest BCUT2D eigenvalue weighted by Crippen LogP contribution is 2.60. The molecule has 27 heavy (non-hydrogen) atoms. The number of sulfone groups is 1. The first-order valence-corrected chi connectivity index (χ1v) is 11.7. The predicted molar refractivity (Wildman–Crippen MR) is 109 cm³/mol. The fourth-order valence-electron chi connectivity index (χ4n) is 4.07. The summed E-state index contributed by atoms with van der Waals surface area (Å²) in [6, 6.07) is 7.71. The third kappa shape index (κ3) is 4.52. The van der Waals surface area contributed by atoms with E-state index in [2.05, 4.69) is 0 Å². The van der Waals surface area contributed by atoms with Crippen molar-refractivity contribution < 1.29 is 13.2 Å². The van der Waals surface area contributed by atoms with Crippen LogP contribution in [0.15, 0.2) is 34.8 Å². The van der Waals surface area contributed by atoms with E-state index in [0.717, 1.165) is 11.1 Å². The largest absolute Gasteiger partial charge is 0.334 e. The Balaban J connectivity index is 1.86. The Labute approximate surface area is 171 Å². The molecule has 1 aromatic carbocycles. The van der Waals surface area contributed by atoms with Gasteiger partial charge in [0.25, 0.3) is 0 Å². The molecule has 1 aliphatic heterocycles. The first-order chi connectivity index (χ1) is 12.5. The topological polar surface area (TPSA) is 54.5 Å². The van der Waals surface area contributed by atoms with Gasteiger partial charge in [0.2, 0.25) is 5.91 Å². The summed E-state index contributed by atoms with van der Waals surface area (Å²) in [7, 11) is -3.09. The second kappa shape index (κ2) is 7.41. The van der Waals surface area contributed by atoms with E-state index in [9.17, 15) is 13.2 Å². The molecule has 1 amide bonds. The summed E-state index contributed by atoms with van der Waals surface area (Å²) in [5.74, 6) is -0.111. The Morgan fingerprint density at radius 3 is 2.41 bits per heavy atom. The summed E-state index contributed by atoms with van der Waals surface area (Å²) in [6.07, 6.45) is 2.21. The van der Waals surface area contributed by atoms with E-state index < -0.39 is 9.84 Å². The number of nitrogens with zero attached hydrogens (tertiary/aromatic N) is 1. The fourth-order valence-corrected chi connectivity index (χ4v) is 6.08. The Hall–Kier alpha value is -1.04. The molecule has 1 heterocycles. The van der Waals surface area contributed by atoms with Gasteiger partial charge in [0.05, 0.1) is 17.4 Å². The van der Waals surface area contributed by atoms with Crippen LogP contribution in [-0.4, -0.2) is 36.8 Å². The summed E-state index contributed by atoms with van der Waals surface area (Å²) in [5.41, 5.74) is 1.90. The van der Waals surface area contributed by atoms with Crippen LogP contribution in [0.4, 0.5) is 0 Å². The zero-order valence-corrected chi connectivity index (χ0v) is 18.1. The van der Waals surface area contributed by atoms with Gasteiger partial charge in [-0.1, -0.05) is 66.9 Å². The molecule has 0 radical (unpaired) electrons. The highest BCUT2D eigenvalue weighted by molar-refractivity contribution is 7.91. The van der Waals surface area contributed by atoms with Crippen molar-refractivity contribution in [3.63, 3.8) is 0 Å². The van der Waals surface area contributed by atoms with Gasteiger partial charge >= 0.3 is 0 Å². The molecule has 3 rings (SSSR count). The second-order valence-electron chi connectivity index (χ2n) is 8.29. The van der Waals surface area contributed by atoms with Crippen LogP contribution < -0.4 is 0 Å². The molecule has 148 valence electrons. The lowest BCUT2D eigenvalue weighted by molar-refractivity contribution is -0.136. The molecule has 1 saturated heterocycles. The van der Waals surface area contributed by atoms with E-state index in [1.807, 2.05) is 45.0 Å². The van der Waals surface area contributed by atoms with Gasteiger partial charge in [0, 0.05) is 12.6 Å². The number of aryl methyl sites for hydroxylation is 1. The average Bonchev–Trinajstić information content (AvgIpc) is 2.90. The maximum atomic E-state index is 13.4. The molecule has 1 saturated carbocycles. The molecule has 7 heteroatoms. The third-order valence-electron chi connectivity index (χ3n) is 5.89. The van der Waals surface area contributed by atoms with Crippen LogP contribution in [0.25, 0.3) is 0 Å². The monoisotopic (exact) mass is 429 g/mol. The van der Waals surface area contributed by atoms with Gasteiger partial charge in [-0.15, -0.1) is 0 Å². The lowest BCUT2D eigenvalue weighted by Gasteiger charge is -2.29. The van der Waals surface area contributed by atoms with E-state index in [1.54, 1.807) is 11.0 Å². The van der Waals surface area contributed by atoms with Crippen LogP contribution in [0, 0.1) is 24.2 Å². The lowest BCUT2D eigenvalue weighted by Crippen LogP contribution is -2.42. The Morgan fingerprint density at radius 2 is 1.89 bits per heavy atom. The highest BCUT2D eigenvalue weighted by Gasteiger charge is 2.62. The van der Waals surface area contributed by atoms with Crippen LogP contribution in [0.1, 0.15) is 31.4 Å². The number of amides is 1. The maximum absolute atomic E-state index is 13.4. The Morgan fingerprint density at radius 1 is 1.26 bits per heavy atom. The molecule has 4 nitrogen and oxygen atoms in total. The number of carbonyl (C=O) groups excluding carboxylic acids is 1. The molecule has 3 atom stereocenters. The summed E-state index contributed by atoms with van der Waals surface area (Å²) in [4.78, 5) is 15.2. The van der Waals surface area contributed by atoms with E-state index in [4.69, 9.17) is 23.2 Å². The number of allylic oxidation sites excluding steroid dienone is 1. The molecule has 1 aliphatic carbocycles. The number of hydrogen-bond acceptors (Lipinski definition) is 3. The molecule has 2 aliphatic rings. The third-order valence-corrected chi connectivity index (χ3v) is 7.89. The summed E-state index contributed by atoms with van der Waals surface area (Å²) < 4.78 is 24.2. The smallest absolute Gasteiger partial charge is 0.227 e. The molecule has 0 N–H and O–H groups in total. The standard InChI is InChI=1S/C20H25Cl2NO3S/c1-13-4-6-14(7-5-13)11-23(15-8-9-27(25,26)12-15)19(24)18-16(10-17(21)22)20(18,2)3/h4-7,10,15-16,18H,8-9,11-12H2,1-3H3/t15-,16+,18+/m1/s1. The van der Waals surface area contributed by atoms with E-state index >= 15 is 0 Å². The zero-order chi connectivity index (χ0) is 20.0. The van der Waals surface area contributed by atoms with Crippen molar-refractivity contribution in [2.75, 3.05) is 11.5 Å². The molecule has 0 bridgehead atoms. The van der Waals surface area contributed by atoms with E-state index in [1.165, 1.54) is 0 Å². The zero-order valence-electron chi connectivity index (χ0n) is 15.8. The van der Waals surface area contributed by atoms with Crippen molar-refractivity contribution in [3.05, 3.63) is 46.0 Å². The first-order valence-electron chi connectivity index (χ1n) is 9.10. The minimum absolute atomic E-state index is 0.0153. The molecule has 2 fully saturated rings. The van der Waals surface area contributed by atoms with Crippen molar-refractivity contribution in [2.24, 2.45) is 17.3 Å². The number of benzene rings is 1. The summed E-state index contributed by atoms with van der Waals surface area (Å²) >= 11 is 11.6. The van der Waals surface area contributed by atoms with Crippen LogP contribution in [-0.2, 0) is 21.2 Å². The highest BCUT2D eigenvalue weighted by atomic mass is 35.5. The van der Waals surface area contributed by atoms with Crippen LogP contribution in [0.3, 0.4) is 0 Å². The predicted octanol–water partition coefficient (Wildman–Crippen LogP) is 4.10. The molecular weight excluding hydrogens is 405 g/mol. The Kier molecular flexibility index (Phi) is 5.68. The summed E-state index contributed by atoms with van der Waals surface area (Å²) in [6.45, 7) is 6.46.